The molecule has 1 radical (unpaired) electrons. The van der Waals surface area contributed by atoms with Gasteiger partial charge in [0.25, 0.3) is 0 Å². The number of ether oxygens (including phenoxy) is 1. The molecule has 0 spiro atoms. The van der Waals surface area contributed by atoms with E-state index in [2.05, 4.69) is 27.2 Å². The lowest BCUT2D eigenvalue weighted by atomic mass is 10.0. The maximum Gasteiger partial charge on any atom is 0.0575 e. The SMILES string of the molecule is CC[CH]COC(CCCCC)CCCCCC. The summed E-state index contributed by atoms with van der Waals surface area (Å²) >= 11 is 0. The normalized spacial score (nSPS) is 12.9. The first-order chi connectivity index (χ1) is 8.35. The Kier molecular flexibility index (Phi) is 14.0. The molecule has 0 N–H and O–H groups in total. The monoisotopic (exact) mass is 241 g/mol. The van der Waals surface area contributed by atoms with Crippen LogP contribution in [0.1, 0.15) is 85.0 Å². The average molecular weight is 241 g/mol. The van der Waals surface area contributed by atoms with Crippen molar-refractivity contribution in [3.05, 3.63) is 6.42 Å². The molecule has 0 aromatic carbocycles. The van der Waals surface area contributed by atoms with Gasteiger partial charge in [-0.1, -0.05) is 72.1 Å². The number of hydrogen-bond acceptors (Lipinski definition) is 1. The second kappa shape index (κ2) is 14.0. The van der Waals surface area contributed by atoms with E-state index in [1.54, 1.807) is 0 Å². The second-order valence-electron chi connectivity index (χ2n) is 5.00. The highest BCUT2D eigenvalue weighted by molar-refractivity contribution is 4.64. The fourth-order valence-corrected chi connectivity index (χ4v) is 2.05. The van der Waals surface area contributed by atoms with E-state index in [9.17, 15) is 0 Å². The molecule has 1 unspecified atom stereocenters. The maximum absolute atomic E-state index is 5.95. The van der Waals surface area contributed by atoms with Crippen LogP contribution in [0.5, 0.6) is 0 Å². The lowest BCUT2D eigenvalue weighted by Crippen LogP contribution is -2.14. The van der Waals surface area contributed by atoms with E-state index in [0.29, 0.717) is 6.10 Å². The van der Waals surface area contributed by atoms with Gasteiger partial charge in [-0.05, 0) is 19.3 Å². The molecular weight excluding hydrogens is 208 g/mol. The van der Waals surface area contributed by atoms with Crippen LogP contribution in [-0.2, 0) is 4.74 Å². The van der Waals surface area contributed by atoms with Crippen molar-refractivity contribution in [1.29, 1.82) is 0 Å². The van der Waals surface area contributed by atoms with Crippen molar-refractivity contribution in [2.24, 2.45) is 0 Å². The van der Waals surface area contributed by atoms with Crippen LogP contribution in [0.2, 0.25) is 0 Å². The first-order valence-electron chi connectivity index (χ1n) is 7.78. The van der Waals surface area contributed by atoms with Crippen molar-refractivity contribution in [2.75, 3.05) is 6.61 Å². The van der Waals surface area contributed by atoms with E-state index < -0.39 is 0 Å². The van der Waals surface area contributed by atoms with Gasteiger partial charge in [0.15, 0.2) is 0 Å². The highest BCUT2D eigenvalue weighted by atomic mass is 16.5. The molecule has 1 atom stereocenters. The molecule has 103 valence electrons. The standard InChI is InChI=1S/C16H33O/c1-4-7-10-12-14-16(13-11-8-5-2)17-15-9-6-3/h9,16H,4-8,10-15H2,1-3H3. The second-order valence-corrected chi connectivity index (χ2v) is 5.00. The van der Waals surface area contributed by atoms with Crippen molar-refractivity contribution >= 4 is 0 Å². The molecule has 0 saturated heterocycles. The molecule has 1 heteroatoms. The average Bonchev–Trinajstić information content (AvgIpc) is 2.34. The Balaban J connectivity index is 3.60. The van der Waals surface area contributed by atoms with Crippen LogP contribution in [0.4, 0.5) is 0 Å². The quantitative estimate of drug-likeness (QED) is 0.385. The van der Waals surface area contributed by atoms with Crippen LogP contribution >= 0.6 is 0 Å². The van der Waals surface area contributed by atoms with Crippen LogP contribution in [0.3, 0.4) is 0 Å². The summed E-state index contributed by atoms with van der Waals surface area (Å²) in [6.07, 6.45) is 15.8. The zero-order valence-corrected chi connectivity index (χ0v) is 12.3. The minimum Gasteiger partial charge on any atom is -0.378 e. The Morgan fingerprint density at radius 1 is 0.824 bits per heavy atom. The highest BCUT2D eigenvalue weighted by Crippen LogP contribution is 2.15. The third kappa shape index (κ3) is 12.2. The van der Waals surface area contributed by atoms with Crippen LogP contribution < -0.4 is 0 Å². The minimum atomic E-state index is 0.515. The van der Waals surface area contributed by atoms with Crippen LogP contribution in [-0.4, -0.2) is 12.7 Å². The number of unbranched alkanes of at least 4 members (excludes halogenated alkanes) is 6. The Morgan fingerprint density at radius 2 is 1.41 bits per heavy atom. The van der Waals surface area contributed by atoms with Crippen molar-refractivity contribution in [3.63, 3.8) is 0 Å². The summed E-state index contributed by atoms with van der Waals surface area (Å²) in [6, 6.07) is 0. The summed E-state index contributed by atoms with van der Waals surface area (Å²) in [5.74, 6) is 0. The summed E-state index contributed by atoms with van der Waals surface area (Å²) in [5, 5.41) is 0. The molecule has 0 aromatic rings. The van der Waals surface area contributed by atoms with Crippen molar-refractivity contribution in [3.8, 4) is 0 Å². The molecule has 0 aliphatic heterocycles. The smallest absolute Gasteiger partial charge is 0.0575 e. The van der Waals surface area contributed by atoms with Crippen LogP contribution in [0, 0.1) is 6.42 Å². The Bertz CT molecular complexity index is 123. The lowest BCUT2D eigenvalue weighted by molar-refractivity contribution is 0.0509. The van der Waals surface area contributed by atoms with E-state index in [-0.39, 0.29) is 0 Å². The largest absolute Gasteiger partial charge is 0.378 e. The third-order valence-corrected chi connectivity index (χ3v) is 3.25. The molecule has 0 saturated carbocycles. The van der Waals surface area contributed by atoms with Crippen molar-refractivity contribution in [1.82, 2.24) is 0 Å². The highest BCUT2D eigenvalue weighted by Gasteiger charge is 2.08. The number of rotatable bonds is 13. The predicted octanol–water partition coefficient (Wildman–Crippen LogP) is 5.54. The van der Waals surface area contributed by atoms with Crippen molar-refractivity contribution in [2.45, 2.75) is 91.1 Å². The molecule has 0 fully saturated rings. The van der Waals surface area contributed by atoms with Crippen LogP contribution in [0.15, 0.2) is 0 Å². The summed E-state index contributed by atoms with van der Waals surface area (Å²) < 4.78 is 5.95. The molecule has 0 rings (SSSR count). The van der Waals surface area contributed by atoms with E-state index in [1.165, 1.54) is 57.8 Å². The Morgan fingerprint density at radius 3 is 2.00 bits per heavy atom. The van der Waals surface area contributed by atoms with Crippen molar-refractivity contribution < 1.29 is 4.74 Å². The molecule has 17 heavy (non-hydrogen) atoms. The first-order valence-corrected chi connectivity index (χ1v) is 7.78. The molecule has 0 aliphatic rings. The van der Waals surface area contributed by atoms with Gasteiger partial charge in [0.2, 0.25) is 0 Å². The Hall–Kier alpha value is -0.0400. The van der Waals surface area contributed by atoms with E-state index in [0.717, 1.165) is 13.0 Å². The fraction of sp³-hybridized carbons (Fsp3) is 0.938. The van der Waals surface area contributed by atoms with Gasteiger partial charge in [0.05, 0.1) is 12.7 Å². The zero-order chi connectivity index (χ0) is 12.8. The molecule has 0 heterocycles. The fourth-order valence-electron chi connectivity index (χ4n) is 2.05. The van der Waals surface area contributed by atoms with Gasteiger partial charge in [-0.2, -0.15) is 0 Å². The molecule has 0 aromatic heterocycles. The summed E-state index contributed by atoms with van der Waals surface area (Å²) in [6.45, 7) is 7.56. The summed E-state index contributed by atoms with van der Waals surface area (Å²) in [4.78, 5) is 0. The van der Waals surface area contributed by atoms with Gasteiger partial charge >= 0.3 is 0 Å². The minimum absolute atomic E-state index is 0.515. The number of hydrogen-bond donors (Lipinski definition) is 0. The third-order valence-electron chi connectivity index (χ3n) is 3.25. The zero-order valence-electron chi connectivity index (χ0n) is 12.3. The van der Waals surface area contributed by atoms with Gasteiger partial charge in [-0.3, -0.25) is 0 Å². The van der Waals surface area contributed by atoms with E-state index >= 15 is 0 Å². The molecule has 0 amide bonds. The van der Waals surface area contributed by atoms with Gasteiger partial charge in [-0.25, -0.2) is 0 Å². The molecule has 1 nitrogen and oxygen atoms in total. The summed E-state index contributed by atoms with van der Waals surface area (Å²) in [7, 11) is 0. The van der Waals surface area contributed by atoms with Gasteiger partial charge < -0.3 is 4.74 Å². The topological polar surface area (TPSA) is 9.23 Å². The van der Waals surface area contributed by atoms with Gasteiger partial charge in [0, 0.05) is 0 Å². The molecule has 0 bridgehead atoms. The summed E-state index contributed by atoms with van der Waals surface area (Å²) in [5.41, 5.74) is 0. The van der Waals surface area contributed by atoms with Gasteiger partial charge in [0.1, 0.15) is 0 Å². The molecular formula is C16H33O. The van der Waals surface area contributed by atoms with E-state index in [4.69, 9.17) is 4.74 Å². The lowest BCUT2D eigenvalue weighted by Gasteiger charge is -2.17. The predicted molar refractivity (Wildman–Crippen MR) is 77.2 cm³/mol. The van der Waals surface area contributed by atoms with E-state index in [1.807, 2.05) is 0 Å². The van der Waals surface area contributed by atoms with Gasteiger partial charge in [-0.15, -0.1) is 0 Å². The maximum atomic E-state index is 5.95. The first kappa shape index (κ1) is 17.0. The van der Waals surface area contributed by atoms with Crippen LogP contribution in [0.25, 0.3) is 0 Å². The molecule has 0 aliphatic carbocycles. The Labute approximate surface area is 109 Å².